The summed E-state index contributed by atoms with van der Waals surface area (Å²) in [5, 5.41) is 8.77. The zero-order valence-corrected chi connectivity index (χ0v) is 11.2. The summed E-state index contributed by atoms with van der Waals surface area (Å²) in [6.07, 6.45) is -14.0. The molecule has 0 amide bonds. The molecular weight excluding hydrogens is 353 g/mol. The van der Waals surface area contributed by atoms with Crippen molar-refractivity contribution in [3.63, 3.8) is 0 Å². The summed E-state index contributed by atoms with van der Waals surface area (Å²) in [5.41, 5.74) is -1.34. The van der Waals surface area contributed by atoms with Crippen LogP contribution in [0.15, 0.2) is 0 Å². The normalized spacial score (nSPS) is 18.5. The molecule has 0 aromatic rings. The lowest BCUT2D eigenvalue weighted by atomic mass is 9.96. The molecule has 0 aliphatic rings. The van der Waals surface area contributed by atoms with Crippen LogP contribution in [0.25, 0.3) is 0 Å². The summed E-state index contributed by atoms with van der Waals surface area (Å²) >= 11 is 2.84. The van der Waals surface area contributed by atoms with E-state index in [2.05, 4.69) is 20.7 Å². The number of halogens is 8. The Labute approximate surface area is 113 Å². The minimum absolute atomic E-state index is 0.0773. The number of hydrogen-bond acceptors (Lipinski definition) is 2. The van der Waals surface area contributed by atoms with E-state index in [1.807, 2.05) is 0 Å². The number of aliphatic hydroxyl groups excluding tert-OH is 1. The third kappa shape index (κ3) is 4.45. The molecule has 19 heavy (non-hydrogen) atoms. The van der Waals surface area contributed by atoms with E-state index in [9.17, 15) is 30.7 Å². The molecule has 0 aromatic heterocycles. The molecule has 2 nitrogen and oxygen atoms in total. The number of aliphatic hydroxyl groups is 1. The monoisotopic (exact) mass is 364 g/mol. The van der Waals surface area contributed by atoms with Crippen LogP contribution in [0.2, 0.25) is 0 Å². The van der Waals surface area contributed by atoms with Crippen molar-refractivity contribution in [2.45, 2.75) is 31.6 Å². The minimum Gasteiger partial charge on any atom is -0.396 e. The summed E-state index contributed by atoms with van der Waals surface area (Å²) in [4.78, 5) is 0. The van der Waals surface area contributed by atoms with E-state index in [0.29, 0.717) is 0 Å². The molecule has 0 rings (SSSR count). The molecule has 2 unspecified atom stereocenters. The average molecular weight is 365 g/mol. The summed E-state index contributed by atoms with van der Waals surface area (Å²) in [6.45, 7) is -0.545. The summed E-state index contributed by atoms with van der Waals surface area (Å²) in [6, 6.07) is 0. The summed E-state index contributed by atoms with van der Waals surface area (Å²) in [7, 11) is 0. The molecule has 2 atom stereocenters. The summed E-state index contributed by atoms with van der Waals surface area (Å²) in [5.74, 6) is -5.68. The van der Waals surface area contributed by atoms with E-state index in [0.717, 1.165) is 0 Å². The maximum Gasteiger partial charge on any atom is 0.422 e. The van der Waals surface area contributed by atoms with Crippen LogP contribution in [0.3, 0.4) is 0 Å². The predicted molar refractivity (Wildman–Crippen MR) is 55.7 cm³/mol. The van der Waals surface area contributed by atoms with E-state index in [4.69, 9.17) is 5.11 Å². The lowest BCUT2D eigenvalue weighted by molar-refractivity contribution is -0.374. The fraction of sp³-hybridized carbons (Fsp3) is 1.00. The van der Waals surface area contributed by atoms with Gasteiger partial charge in [0.2, 0.25) is 6.17 Å². The zero-order chi connectivity index (χ0) is 15.5. The third-order valence-electron chi connectivity index (χ3n) is 2.26. The first-order valence-electron chi connectivity index (χ1n) is 4.92. The Bertz CT molecular complexity index is 284. The molecule has 116 valence electrons. The first-order valence-corrected chi connectivity index (χ1v) is 6.04. The Balaban J connectivity index is 4.88. The number of hydrogen-bond donors (Lipinski definition) is 1. The topological polar surface area (TPSA) is 29.5 Å². The highest BCUT2D eigenvalue weighted by Gasteiger charge is 2.66. The summed E-state index contributed by atoms with van der Waals surface area (Å²) < 4.78 is 91.2. The van der Waals surface area contributed by atoms with Gasteiger partial charge in [-0.2, -0.15) is 17.6 Å². The van der Waals surface area contributed by atoms with Crippen molar-refractivity contribution in [2.24, 2.45) is 5.41 Å². The van der Waals surface area contributed by atoms with E-state index in [-0.39, 0.29) is 5.33 Å². The second-order valence-corrected chi connectivity index (χ2v) is 4.83. The first-order chi connectivity index (χ1) is 8.43. The van der Waals surface area contributed by atoms with Gasteiger partial charge in [0, 0.05) is 10.7 Å². The number of ether oxygens (including phenoxy) is 1. The lowest BCUT2D eigenvalue weighted by Gasteiger charge is -2.32. The molecule has 0 aliphatic carbocycles. The van der Waals surface area contributed by atoms with Crippen molar-refractivity contribution in [1.29, 1.82) is 0 Å². The molecule has 0 aromatic carbocycles. The van der Waals surface area contributed by atoms with Crippen LogP contribution < -0.4 is 0 Å². The van der Waals surface area contributed by atoms with Crippen molar-refractivity contribution < 1.29 is 40.6 Å². The number of rotatable bonds is 8. The van der Waals surface area contributed by atoms with Gasteiger partial charge in [0.25, 0.3) is 6.43 Å². The van der Waals surface area contributed by atoms with Gasteiger partial charge in [-0.3, -0.25) is 0 Å². The highest BCUT2D eigenvalue weighted by molar-refractivity contribution is 9.09. The Morgan fingerprint density at radius 2 is 1.63 bits per heavy atom. The van der Waals surface area contributed by atoms with Gasteiger partial charge < -0.3 is 9.84 Å². The fourth-order valence-electron chi connectivity index (χ4n) is 0.806. The second kappa shape index (κ2) is 6.57. The van der Waals surface area contributed by atoms with Gasteiger partial charge >= 0.3 is 12.0 Å². The van der Waals surface area contributed by atoms with Crippen LogP contribution >= 0.6 is 15.9 Å². The van der Waals surface area contributed by atoms with Crippen molar-refractivity contribution in [3.05, 3.63) is 0 Å². The largest absolute Gasteiger partial charge is 0.422 e. The van der Waals surface area contributed by atoms with Crippen LogP contribution in [0.5, 0.6) is 0 Å². The molecule has 0 saturated heterocycles. The van der Waals surface area contributed by atoms with Gasteiger partial charge in [-0.1, -0.05) is 22.9 Å². The highest BCUT2D eigenvalue weighted by Crippen LogP contribution is 2.42. The van der Waals surface area contributed by atoms with Gasteiger partial charge in [-0.25, -0.2) is 13.2 Å². The molecule has 0 fully saturated rings. The molecule has 0 spiro atoms. The molecule has 0 radical (unpaired) electrons. The SMILES string of the molecule is CC(CO)(CBr)COC(F)(F)C(F)(F)C(F)C(F)F. The Kier molecular flexibility index (Phi) is 6.54. The molecule has 0 aliphatic heterocycles. The second-order valence-electron chi connectivity index (χ2n) is 4.27. The zero-order valence-electron chi connectivity index (χ0n) is 9.66. The number of alkyl halides is 8. The van der Waals surface area contributed by atoms with Gasteiger partial charge in [0.15, 0.2) is 0 Å². The average Bonchev–Trinajstić information content (AvgIpc) is 2.34. The highest BCUT2D eigenvalue weighted by atomic mass is 79.9. The predicted octanol–water partition coefficient (Wildman–Crippen LogP) is 3.23. The quantitative estimate of drug-likeness (QED) is 0.529. The fourth-order valence-corrected chi connectivity index (χ4v) is 1.15. The van der Waals surface area contributed by atoms with Crippen molar-refractivity contribution in [2.75, 3.05) is 18.5 Å². The van der Waals surface area contributed by atoms with Gasteiger partial charge in [0.1, 0.15) is 0 Å². The Hall–Kier alpha value is -0.0900. The smallest absolute Gasteiger partial charge is 0.396 e. The maximum absolute atomic E-state index is 13.0. The molecule has 10 heteroatoms. The molecule has 0 bridgehead atoms. The van der Waals surface area contributed by atoms with E-state index >= 15 is 0 Å². The first kappa shape index (κ1) is 18.9. The molecule has 0 heterocycles. The maximum atomic E-state index is 13.0. The lowest BCUT2D eigenvalue weighted by Crippen LogP contribution is -2.53. The van der Waals surface area contributed by atoms with Crippen LogP contribution in [0, 0.1) is 5.41 Å². The van der Waals surface area contributed by atoms with Crippen molar-refractivity contribution in [1.82, 2.24) is 0 Å². The molecular formula is C9H12BrF7O2. The molecule has 0 saturated carbocycles. The Morgan fingerprint density at radius 1 is 1.16 bits per heavy atom. The van der Waals surface area contributed by atoms with Crippen LogP contribution in [0.1, 0.15) is 6.92 Å². The van der Waals surface area contributed by atoms with Crippen molar-refractivity contribution >= 4 is 15.9 Å². The van der Waals surface area contributed by atoms with Gasteiger partial charge in [-0.15, -0.1) is 0 Å². The standard InChI is InChI=1S/C9H12BrF7O2/c1-7(2-10,3-18)4-19-9(16,17)8(14,15)5(11)6(12)13/h5-6,18H,2-4H2,1H3. The Morgan fingerprint density at radius 3 is 1.95 bits per heavy atom. The van der Waals surface area contributed by atoms with Gasteiger partial charge in [0.05, 0.1) is 13.2 Å². The molecule has 1 N–H and O–H groups in total. The van der Waals surface area contributed by atoms with Crippen LogP contribution in [0.4, 0.5) is 30.7 Å². The minimum atomic E-state index is -5.68. The van der Waals surface area contributed by atoms with Crippen molar-refractivity contribution in [3.8, 4) is 0 Å². The van der Waals surface area contributed by atoms with Gasteiger partial charge in [-0.05, 0) is 0 Å². The van der Waals surface area contributed by atoms with Crippen LogP contribution in [-0.2, 0) is 4.74 Å². The van der Waals surface area contributed by atoms with E-state index in [1.54, 1.807) is 0 Å². The van der Waals surface area contributed by atoms with E-state index < -0.39 is 43.3 Å². The van der Waals surface area contributed by atoms with Crippen LogP contribution in [-0.4, -0.2) is 48.3 Å². The third-order valence-corrected chi connectivity index (χ3v) is 3.62. The van der Waals surface area contributed by atoms with E-state index in [1.165, 1.54) is 6.92 Å².